The summed E-state index contributed by atoms with van der Waals surface area (Å²) in [5.74, 6) is 0.435. The summed E-state index contributed by atoms with van der Waals surface area (Å²) in [6.07, 6.45) is 1.79. The molecule has 0 aromatic heterocycles. The molecule has 30 heavy (non-hydrogen) atoms. The summed E-state index contributed by atoms with van der Waals surface area (Å²) in [5.41, 5.74) is 4.44. The number of benzene rings is 2. The number of rotatable bonds is 8. The second-order valence-electron chi connectivity index (χ2n) is 7.70. The molecule has 2 atom stereocenters. The van der Waals surface area contributed by atoms with Crippen LogP contribution in [0.5, 0.6) is 5.75 Å². The number of aryl methyl sites for hydroxylation is 3. The molecule has 0 aliphatic heterocycles. The lowest BCUT2D eigenvalue weighted by Gasteiger charge is -2.30. The van der Waals surface area contributed by atoms with Gasteiger partial charge in [-0.3, -0.25) is 9.10 Å². The smallest absolute Gasteiger partial charge is 0.244 e. The SMILES string of the molecule is CC[C@H](NC(=O)[C@@H](C)N(c1ccc(C)c(C)c1)S(C)(=O)=O)c1ccc(OC)c(C)c1. The monoisotopic (exact) mass is 432 g/mol. The van der Waals surface area contributed by atoms with Crippen molar-refractivity contribution in [1.82, 2.24) is 5.32 Å². The number of hydrogen-bond acceptors (Lipinski definition) is 4. The maximum atomic E-state index is 13.1. The van der Waals surface area contributed by atoms with E-state index < -0.39 is 16.1 Å². The van der Waals surface area contributed by atoms with Crippen molar-refractivity contribution in [1.29, 1.82) is 0 Å². The lowest BCUT2D eigenvalue weighted by Crippen LogP contribution is -2.48. The number of ether oxygens (including phenoxy) is 1. The number of methoxy groups -OCH3 is 1. The Hall–Kier alpha value is -2.54. The third-order valence-corrected chi connectivity index (χ3v) is 6.62. The van der Waals surface area contributed by atoms with E-state index in [0.29, 0.717) is 12.1 Å². The van der Waals surface area contributed by atoms with E-state index in [1.54, 1.807) is 26.2 Å². The summed E-state index contributed by atoms with van der Waals surface area (Å²) in [6, 6.07) is 10.0. The molecule has 0 bridgehead atoms. The van der Waals surface area contributed by atoms with Crippen LogP contribution >= 0.6 is 0 Å². The Morgan fingerprint density at radius 3 is 2.23 bits per heavy atom. The molecule has 0 heterocycles. The Kier molecular flexibility index (Phi) is 7.53. The van der Waals surface area contributed by atoms with Gasteiger partial charge in [0.25, 0.3) is 0 Å². The number of nitrogens with one attached hydrogen (secondary N) is 1. The largest absolute Gasteiger partial charge is 0.496 e. The molecule has 0 aliphatic rings. The Balaban J connectivity index is 2.31. The first-order valence-corrected chi connectivity index (χ1v) is 11.9. The summed E-state index contributed by atoms with van der Waals surface area (Å²) < 4.78 is 31.6. The average Bonchev–Trinajstić information content (AvgIpc) is 2.67. The summed E-state index contributed by atoms with van der Waals surface area (Å²) in [5, 5.41) is 3.01. The first-order valence-electron chi connectivity index (χ1n) is 10.0. The predicted octanol–water partition coefficient (Wildman–Crippen LogP) is 4.04. The highest BCUT2D eigenvalue weighted by Gasteiger charge is 2.30. The van der Waals surface area contributed by atoms with Crippen LogP contribution < -0.4 is 14.4 Å². The number of anilines is 1. The van der Waals surface area contributed by atoms with Crippen LogP contribution in [0.1, 0.15) is 48.6 Å². The molecule has 1 N–H and O–H groups in total. The van der Waals surface area contributed by atoms with Crippen LogP contribution in [0.3, 0.4) is 0 Å². The van der Waals surface area contributed by atoms with Gasteiger partial charge in [-0.05, 0) is 74.6 Å². The molecule has 164 valence electrons. The molecule has 2 aromatic rings. The van der Waals surface area contributed by atoms with Crippen LogP contribution in [-0.4, -0.2) is 33.7 Å². The van der Waals surface area contributed by atoms with E-state index in [9.17, 15) is 13.2 Å². The van der Waals surface area contributed by atoms with Crippen molar-refractivity contribution in [2.24, 2.45) is 0 Å². The highest BCUT2D eigenvalue weighted by molar-refractivity contribution is 7.92. The summed E-state index contributed by atoms with van der Waals surface area (Å²) in [4.78, 5) is 13.1. The van der Waals surface area contributed by atoms with Crippen molar-refractivity contribution in [2.75, 3.05) is 17.7 Å². The highest BCUT2D eigenvalue weighted by Crippen LogP contribution is 2.26. The zero-order chi connectivity index (χ0) is 22.6. The van der Waals surface area contributed by atoms with Gasteiger partial charge in [-0.25, -0.2) is 8.42 Å². The van der Waals surface area contributed by atoms with Gasteiger partial charge in [-0.15, -0.1) is 0 Å². The van der Waals surface area contributed by atoms with Crippen molar-refractivity contribution >= 4 is 21.6 Å². The summed E-state index contributed by atoms with van der Waals surface area (Å²) >= 11 is 0. The molecule has 0 spiro atoms. The fraction of sp³-hybridized carbons (Fsp3) is 0.435. The Morgan fingerprint density at radius 2 is 1.73 bits per heavy atom. The average molecular weight is 433 g/mol. The quantitative estimate of drug-likeness (QED) is 0.683. The third kappa shape index (κ3) is 5.33. The molecule has 0 aliphatic carbocycles. The highest BCUT2D eigenvalue weighted by atomic mass is 32.2. The van der Waals surface area contributed by atoms with Crippen LogP contribution in [0.25, 0.3) is 0 Å². The molecule has 0 saturated carbocycles. The number of carbonyl (C=O) groups excluding carboxylic acids is 1. The van der Waals surface area contributed by atoms with Crippen molar-refractivity contribution in [2.45, 2.75) is 53.1 Å². The van der Waals surface area contributed by atoms with Gasteiger partial charge < -0.3 is 10.1 Å². The number of nitrogens with zero attached hydrogens (tertiary/aromatic N) is 1. The molecular weight excluding hydrogens is 400 g/mol. The molecule has 0 radical (unpaired) electrons. The maximum Gasteiger partial charge on any atom is 0.244 e. The van der Waals surface area contributed by atoms with Gasteiger partial charge in [-0.1, -0.05) is 25.1 Å². The van der Waals surface area contributed by atoms with E-state index in [-0.39, 0.29) is 11.9 Å². The Bertz CT molecular complexity index is 1020. The number of hydrogen-bond donors (Lipinski definition) is 1. The number of amides is 1. The maximum absolute atomic E-state index is 13.1. The van der Waals surface area contributed by atoms with Gasteiger partial charge in [0.2, 0.25) is 15.9 Å². The van der Waals surface area contributed by atoms with Crippen molar-refractivity contribution in [3.05, 3.63) is 58.7 Å². The van der Waals surface area contributed by atoms with Crippen LogP contribution in [0.2, 0.25) is 0 Å². The molecule has 0 saturated heterocycles. The van der Waals surface area contributed by atoms with Crippen LogP contribution in [0.15, 0.2) is 36.4 Å². The first kappa shape index (κ1) is 23.7. The second-order valence-corrected chi connectivity index (χ2v) is 9.56. The summed E-state index contributed by atoms with van der Waals surface area (Å²) in [7, 11) is -2.04. The van der Waals surface area contributed by atoms with E-state index >= 15 is 0 Å². The van der Waals surface area contributed by atoms with Gasteiger partial charge in [0.1, 0.15) is 11.8 Å². The van der Waals surface area contributed by atoms with Crippen molar-refractivity contribution in [3.63, 3.8) is 0 Å². The van der Waals surface area contributed by atoms with Crippen LogP contribution in [-0.2, 0) is 14.8 Å². The topological polar surface area (TPSA) is 75.7 Å². The first-order chi connectivity index (χ1) is 14.0. The Labute approximate surface area is 180 Å². The zero-order valence-corrected chi connectivity index (χ0v) is 19.6. The lowest BCUT2D eigenvalue weighted by molar-refractivity contribution is -0.122. The predicted molar refractivity (Wildman–Crippen MR) is 122 cm³/mol. The molecular formula is C23H32N2O4S. The Morgan fingerprint density at radius 1 is 1.07 bits per heavy atom. The molecule has 0 fully saturated rings. The van der Waals surface area contributed by atoms with Crippen LogP contribution in [0, 0.1) is 20.8 Å². The second kappa shape index (κ2) is 9.51. The molecule has 2 aromatic carbocycles. The number of carbonyl (C=O) groups is 1. The van der Waals surface area contributed by atoms with E-state index in [1.165, 1.54) is 4.31 Å². The molecule has 6 nitrogen and oxygen atoms in total. The molecule has 7 heteroatoms. The minimum Gasteiger partial charge on any atom is -0.496 e. The van der Waals surface area contributed by atoms with Gasteiger partial charge in [0.15, 0.2) is 0 Å². The van der Waals surface area contributed by atoms with E-state index in [4.69, 9.17) is 4.74 Å². The molecule has 2 rings (SSSR count). The van der Waals surface area contributed by atoms with Crippen LogP contribution in [0.4, 0.5) is 5.69 Å². The van der Waals surface area contributed by atoms with Gasteiger partial charge in [0, 0.05) is 0 Å². The van der Waals surface area contributed by atoms with E-state index in [0.717, 1.165) is 34.3 Å². The van der Waals surface area contributed by atoms with Gasteiger partial charge >= 0.3 is 0 Å². The third-order valence-electron chi connectivity index (χ3n) is 5.38. The van der Waals surface area contributed by atoms with Gasteiger partial charge in [-0.2, -0.15) is 0 Å². The minimum absolute atomic E-state index is 0.231. The van der Waals surface area contributed by atoms with Crippen molar-refractivity contribution < 1.29 is 17.9 Å². The fourth-order valence-electron chi connectivity index (χ4n) is 3.50. The van der Waals surface area contributed by atoms with Gasteiger partial charge in [0.05, 0.1) is 25.1 Å². The van der Waals surface area contributed by atoms with Crippen molar-refractivity contribution in [3.8, 4) is 5.75 Å². The van der Waals surface area contributed by atoms with E-state index in [2.05, 4.69) is 5.32 Å². The zero-order valence-electron chi connectivity index (χ0n) is 18.8. The minimum atomic E-state index is -3.66. The molecule has 0 unspecified atom stereocenters. The van der Waals surface area contributed by atoms with E-state index in [1.807, 2.05) is 52.0 Å². The summed E-state index contributed by atoms with van der Waals surface area (Å²) in [6.45, 7) is 9.42. The fourth-order valence-corrected chi connectivity index (χ4v) is 4.67. The normalized spacial score (nSPS) is 13.4. The number of sulfonamides is 1. The standard InChI is InChI=1S/C23H32N2O4S/c1-8-21(19-10-12-22(29-6)17(4)13-19)24-23(26)18(5)25(30(7,27)28)20-11-9-15(2)16(3)14-20/h9-14,18,21H,8H2,1-7H3,(H,24,26)/t18-,21+/m1/s1. The molecule has 1 amide bonds. The lowest BCUT2D eigenvalue weighted by atomic mass is 10.0.